The van der Waals surface area contributed by atoms with Gasteiger partial charge >= 0.3 is 0 Å². The molecule has 0 unspecified atom stereocenters. The standard InChI is InChI=1S/C30H27N3O3S/c1-4-36-23-15-13-22(14-16-23)32-29(34)19-37-30-26(18-31)25(24-7-5-6-8-28(24)35-3)17-27(33-30)21-11-9-20(2)10-12-21/h5-17H,4,19H2,1-3H3,(H,32,34). The summed E-state index contributed by atoms with van der Waals surface area (Å²) in [6, 6.07) is 27.1. The van der Waals surface area contributed by atoms with Gasteiger partial charge in [-0.1, -0.05) is 59.8 Å². The maximum atomic E-state index is 12.7. The minimum atomic E-state index is -0.195. The Morgan fingerprint density at radius 1 is 1.03 bits per heavy atom. The van der Waals surface area contributed by atoms with Gasteiger partial charge in [-0.3, -0.25) is 4.79 Å². The number of amides is 1. The van der Waals surface area contributed by atoms with Crippen LogP contribution in [0.15, 0.2) is 83.9 Å². The first-order valence-corrected chi connectivity index (χ1v) is 12.8. The number of hydrogen-bond acceptors (Lipinski definition) is 6. The summed E-state index contributed by atoms with van der Waals surface area (Å²) in [5.41, 5.74) is 5.35. The van der Waals surface area contributed by atoms with Crippen LogP contribution < -0.4 is 14.8 Å². The van der Waals surface area contributed by atoms with Crippen molar-refractivity contribution in [3.05, 3.63) is 90.0 Å². The van der Waals surface area contributed by atoms with Gasteiger partial charge in [0.15, 0.2) is 0 Å². The highest BCUT2D eigenvalue weighted by Gasteiger charge is 2.19. The molecule has 0 fully saturated rings. The highest BCUT2D eigenvalue weighted by atomic mass is 32.2. The van der Waals surface area contributed by atoms with Gasteiger partial charge in [0.2, 0.25) is 5.91 Å². The molecule has 7 heteroatoms. The van der Waals surface area contributed by atoms with E-state index in [2.05, 4.69) is 11.4 Å². The molecule has 1 amide bonds. The minimum absolute atomic E-state index is 0.0948. The number of carbonyl (C=O) groups is 1. The van der Waals surface area contributed by atoms with Crippen LogP contribution in [0.3, 0.4) is 0 Å². The summed E-state index contributed by atoms with van der Waals surface area (Å²) >= 11 is 1.23. The second kappa shape index (κ2) is 12.1. The van der Waals surface area contributed by atoms with E-state index in [1.165, 1.54) is 11.8 Å². The van der Waals surface area contributed by atoms with Crippen molar-refractivity contribution in [2.24, 2.45) is 0 Å². The molecule has 0 saturated heterocycles. The van der Waals surface area contributed by atoms with Gasteiger partial charge in [0.25, 0.3) is 0 Å². The number of nitriles is 1. The molecule has 1 heterocycles. The molecule has 4 rings (SSSR count). The molecule has 4 aromatic rings. The predicted octanol–water partition coefficient (Wildman–Crippen LogP) is 6.73. The van der Waals surface area contributed by atoms with Crippen molar-refractivity contribution < 1.29 is 14.3 Å². The first kappa shape index (κ1) is 25.8. The van der Waals surface area contributed by atoms with Gasteiger partial charge in [0.05, 0.1) is 30.7 Å². The van der Waals surface area contributed by atoms with E-state index in [1.54, 1.807) is 19.2 Å². The summed E-state index contributed by atoms with van der Waals surface area (Å²) < 4.78 is 11.0. The first-order chi connectivity index (χ1) is 18.0. The second-order valence-electron chi connectivity index (χ2n) is 8.21. The summed E-state index contributed by atoms with van der Waals surface area (Å²) in [5, 5.41) is 13.5. The molecule has 0 spiro atoms. The molecule has 3 aromatic carbocycles. The highest BCUT2D eigenvalue weighted by molar-refractivity contribution is 8.00. The first-order valence-electron chi connectivity index (χ1n) is 11.8. The molecule has 37 heavy (non-hydrogen) atoms. The van der Waals surface area contributed by atoms with Crippen LogP contribution in [0.1, 0.15) is 18.1 Å². The lowest BCUT2D eigenvalue weighted by Gasteiger charge is -2.15. The molecule has 6 nitrogen and oxygen atoms in total. The molecule has 0 aliphatic heterocycles. The summed E-state index contributed by atoms with van der Waals surface area (Å²) in [6.07, 6.45) is 0. The van der Waals surface area contributed by atoms with E-state index in [-0.39, 0.29) is 11.7 Å². The highest BCUT2D eigenvalue weighted by Crippen LogP contribution is 2.38. The summed E-state index contributed by atoms with van der Waals surface area (Å²) in [7, 11) is 1.61. The summed E-state index contributed by atoms with van der Waals surface area (Å²) in [4.78, 5) is 17.5. The number of aromatic nitrogens is 1. The van der Waals surface area contributed by atoms with E-state index < -0.39 is 0 Å². The predicted molar refractivity (Wildman–Crippen MR) is 148 cm³/mol. The molecule has 0 aliphatic carbocycles. The Labute approximate surface area is 221 Å². The van der Waals surface area contributed by atoms with Gasteiger partial charge < -0.3 is 14.8 Å². The van der Waals surface area contributed by atoms with Gasteiger partial charge in [0.1, 0.15) is 22.6 Å². The topological polar surface area (TPSA) is 84.2 Å². The smallest absolute Gasteiger partial charge is 0.234 e. The third-order valence-electron chi connectivity index (χ3n) is 5.63. The molecular formula is C30H27N3O3S. The van der Waals surface area contributed by atoms with Crippen molar-refractivity contribution in [3.63, 3.8) is 0 Å². The average molecular weight is 510 g/mol. The van der Waals surface area contributed by atoms with Crippen molar-refractivity contribution >= 4 is 23.4 Å². The number of ether oxygens (including phenoxy) is 2. The van der Waals surface area contributed by atoms with E-state index in [1.807, 2.05) is 80.6 Å². The number of pyridine rings is 1. The Morgan fingerprint density at radius 2 is 1.76 bits per heavy atom. The number of methoxy groups -OCH3 is 1. The number of benzene rings is 3. The minimum Gasteiger partial charge on any atom is -0.496 e. The number of nitrogens with one attached hydrogen (secondary N) is 1. The number of rotatable bonds is 9. The monoisotopic (exact) mass is 509 g/mol. The van der Waals surface area contributed by atoms with Crippen molar-refractivity contribution in [2.75, 3.05) is 24.8 Å². The molecule has 0 aliphatic rings. The van der Waals surface area contributed by atoms with Gasteiger partial charge in [-0.15, -0.1) is 0 Å². The van der Waals surface area contributed by atoms with Gasteiger partial charge in [-0.05, 0) is 50.2 Å². The number of anilines is 1. The zero-order valence-corrected chi connectivity index (χ0v) is 21.8. The summed E-state index contributed by atoms with van der Waals surface area (Å²) in [6.45, 7) is 4.53. The van der Waals surface area contributed by atoms with Crippen LogP contribution in [-0.2, 0) is 4.79 Å². The second-order valence-corrected chi connectivity index (χ2v) is 9.17. The third kappa shape index (κ3) is 6.29. The van der Waals surface area contributed by atoms with Crippen LogP contribution in [0, 0.1) is 18.3 Å². The fourth-order valence-electron chi connectivity index (χ4n) is 3.82. The summed E-state index contributed by atoms with van der Waals surface area (Å²) in [5.74, 6) is 1.30. The fourth-order valence-corrected chi connectivity index (χ4v) is 4.62. The quantitative estimate of drug-likeness (QED) is 0.252. The van der Waals surface area contributed by atoms with Gasteiger partial charge in [-0.2, -0.15) is 5.26 Å². The van der Waals surface area contributed by atoms with E-state index in [0.29, 0.717) is 39.9 Å². The molecule has 1 N–H and O–H groups in total. The number of para-hydroxylation sites is 1. The molecular weight excluding hydrogens is 482 g/mol. The van der Waals surface area contributed by atoms with Crippen molar-refractivity contribution in [1.29, 1.82) is 5.26 Å². The number of thioether (sulfide) groups is 1. The Morgan fingerprint density at radius 3 is 2.43 bits per heavy atom. The van der Waals surface area contributed by atoms with E-state index in [9.17, 15) is 10.1 Å². The maximum Gasteiger partial charge on any atom is 0.234 e. The van der Waals surface area contributed by atoms with Crippen molar-refractivity contribution in [1.82, 2.24) is 4.98 Å². The van der Waals surface area contributed by atoms with Crippen LogP contribution in [0.25, 0.3) is 22.4 Å². The normalized spacial score (nSPS) is 10.4. The third-order valence-corrected chi connectivity index (χ3v) is 6.61. The maximum absolute atomic E-state index is 12.7. The number of aryl methyl sites for hydroxylation is 1. The molecule has 1 aromatic heterocycles. The van der Waals surface area contributed by atoms with E-state index in [4.69, 9.17) is 14.5 Å². The zero-order valence-electron chi connectivity index (χ0n) is 20.9. The van der Waals surface area contributed by atoms with Crippen molar-refractivity contribution in [3.8, 4) is 40.0 Å². The Bertz CT molecular complexity index is 1430. The van der Waals surface area contributed by atoms with Crippen LogP contribution in [0.4, 0.5) is 5.69 Å². The molecule has 0 atom stereocenters. The van der Waals surface area contributed by atoms with Gasteiger partial charge in [0, 0.05) is 22.4 Å². The van der Waals surface area contributed by atoms with Crippen LogP contribution in [0.2, 0.25) is 0 Å². The largest absolute Gasteiger partial charge is 0.496 e. The molecule has 186 valence electrons. The Hall–Kier alpha value is -4.28. The van der Waals surface area contributed by atoms with Crippen LogP contribution >= 0.6 is 11.8 Å². The number of nitrogens with zero attached hydrogens (tertiary/aromatic N) is 2. The van der Waals surface area contributed by atoms with E-state index in [0.717, 1.165) is 22.4 Å². The fraction of sp³-hybridized carbons (Fsp3) is 0.167. The molecule has 0 radical (unpaired) electrons. The number of hydrogen-bond donors (Lipinski definition) is 1. The average Bonchev–Trinajstić information content (AvgIpc) is 2.93. The van der Waals surface area contributed by atoms with Gasteiger partial charge in [-0.25, -0.2) is 4.98 Å². The molecule has 0 bridgehead atoms. The lowest BCUT2D eigenvalue weighted by molar-refractivity contribution is -0.113. The number of carbonyl (C=O) groups excluding carboxylic acids is 1. The lowest BCUT2D eigenvalue weighted by Crippen LogP contribution is -2.14. The lowest BCUT2D eigenvalue weighted by atomic mass is 9.98. The Balaban J connectivity index is 1.66. The zero-order chi connectivity index (χ0) is 26.2. The SMILES string of the molecule is CCOc1ccc(NC(=O)CSc2nc(-c3ccc(C)cc3)cc(-c3ccccc3OC)c2C#N)cc1. The Kier molecular flexibility index (Phi) is 8.44. The van der Waals surface area contributed by atoms with E-state index >= 15 is 0 Å². The molecule has 0 saturated carbocycles. The van der Waals surface area contributed by atoms with Crippen molar-refractivity contribution in [2.45, 2.75) is 18.9 Å². The van der Waals surface area contributed by atoms with Crippen LogP contribution in [0.5, 0.6) is 11.5 Å². The van der Waals surface area contributed by atoms with Crippen LogP contribution in [-0.4, -0.2) is 30.4 Å².